The van der Waals surface area contributed by atoms with Crippen LogP contribution in [0.5, 0.6) is 0 Å². The molecule has 0 saturated carbocycles. The van der Waals surface area contributed by atoms with Gasteiger partial charge in [-0.3, -0.25) is 0 Å². The number of thiocarbonyl (C=S) groups is 1. The van der Waals surface area contributed by atoms with Gasteiger partial charge in [-0.1, -0.05) is 12.1 Å². The van der Waals surface area contributed by atoms with Gasteiger partial charge in [0.05, 0.1) is 18.1 Å². The zero-order chi connectivity index (χ0) is 17.7. The number of rotatable bonds is 5. The second-order valence-corrected chi connectivity index (χ2v) is 5.67. The molecule has 2 rings (SSSR count). The number of aryl methyl sites for hydroxylation is 2. The molecule has 0 atom stereocenters. The summed E-state index contributed by atoms with van der Waals surface area (Å²) in [7, 11) is 0. The molecule has 0 amide bonds. The van der Waals surface area contributed by atoms with Crippen molar-refractivity contribution >= 4 is 28.7 Å². The number of benzene rings is 1. The Labute approximate surface area is 142 Å². The van der Waals surface area contributed by atoms with E-state index < -0.39 is 12.8 Å². The van der Waals surface area contributed by atoms with Crippen molar-refractivity contribution < 1.29 is 17.9 Å². The van der Waals surface area contributed by atoms with Gasteiger partial charge in [-0.25, -0.2) is 4.68 Å². The highest BCUT2D eigenvalue weighted by atomic mass is 32.1. The van der Waals surface area contributed by atoms with E-state index in [2.05, 4.69) is 20.5 Å². The minimum absolute atomic E-state index is 0.293. The highest BCUT2D eigenvalue weighted by Crippen LogP contribution is 2.17. The Bertz CT molecular complexity index is 715. The first-order chi connectivity index (χ1) is 11.2. The van der Waals surface area contributed by atoms with Crippen molar-refractivity contribution in [3.63, 3.8) is 0 Å². The summed E-state index contributed by atoms with van der Waals surface area (Å²) >= 11 is 5.23. The number of aromatic nitrogens is 2. The Kier molecular flexibility index (Phi) is 5.79. The number of hydrogen-bond donors (Lipinski definition) is 2. The van der Waals surface area contributed by atoms with Crippen LogP contribution in [0.2, 0.25) is 0 Å². The van der Waals surface area contributed by atoms with Crippen LogP contribution in [-0.4, -0.2) is 27.7 Å². The molecule has 2 N–H and O–H groups in total. The molecule has 130 valence electrons. The number of nitrogens with zero attached hydrogens (tertiary/aromatic N) is 2. The van der Waals surface area contributed by atoms with E-state index in [1.807, 2.05) is 32.0 Å². The number of halogens is 3. The molecular weight excluding hydrogens is 341 g/mol. The third-order valence-corrected chi connectivity index (χ3v) is 3.23. The van der Waals surface area contributed by atoms with Gasteiger partial charge in [-0.2, -0.15) is 18.3 Å². The third kappa shape index (κ3) is 5.82. The lowest BCUT2D eigenvalue weighted by molar-refractivity contribution is -0.182. The number of hydrogen-bond acceptors (Lipinski definition) is 3. The van der Waals surface area contributed by atoms with Gasteiger partial charge in [0, 0.05) is 5.69 Å². The zero-order valence-electron chi connectivity index (χ0n) is 13.1. The number of alkyl halides is 3. The van der Waals surface area contributed by atoms with Crippen LogP contribution in [0.15, 0.2) is 30.6 Å². The van der Waals surface area contributed by atoms with Crippen molar-refractivity contribution in [2.75, 3.05) is 17.2 Å². The zero-order valence-corrected chi connectivity index (χ0v) is 14.0. The summed E-state index contributed by atoms with van der Waals surface area (Å²) in [6.45, 7) is 2.33. The molecular formula is C15H17F3N4OS. The highest BCUT2D eigenvalue weighted by Gasteiger charge is 2.27. The van der Waals surface area contributed by atoms with Crippen LogP contribution in [0.25, 0.3) is 0 Å². The average molecular weight is 358 g/mol. The molecule has 0 fully saturated rings. The van der Waals surface area contributed by atoms with Gasteiger partial charge in [-0.15, -0.1) is 0 Å². The van der Waals surface area contributed by atoms with Crippen molar-refractivity contribution in [1.82, 2.24) is 9.78 Å². The molecule has 0 bridgehead atoms. The van der Waals surface area contributed by atoms with E-state index >= 15 is 0 Å². The van der Waals surface area contributed by atoms with Crippen LogP contribution in [0.1, 0.15) is 11.1 Å². The molecule has 24 heavy (non-hydrogen) atoms. The number of nitrogens with one attached hydrogen (secondary N) is 2. The fourth-order valence-electron chi connectivity index (χ4n) is 1.91. The Morgan fingerprint density at radius 1 is 1.29 bits per heavy atom. The van der Waals surface area contributed by atoms with Crippen LogP contribution < -0.4 is 10.6 Å². The van der Waals surface area contributed by atoms with Crippen molar-refractivity contribution in [2.24, 2.45) is 0 Å². The van der Waals surface area contributed by atoms with E-state index in [9.17, 15) is 13.2 Å². The first-order valence-corrected chi connectivity index (χ1v) is 7.46. The van der Waals surface area contributed by atoms with Gasteiger partial charge >= 0.3 is 6.18 Å². The Balaban J connectivity index is 1.87. The molecule has 1 aromatic heterocycles. The van der Waals surface area contributed by atoms with Crippen LogP contribution in [0.4, 0.5) is 24.5 Å². The second kappa shape index (κ2) is 7.63. The monoisotopic (exact) mass is 358 g/mol. The smallest absolute Gasteiger partial charge is 0.350 e. The molecule has 0 spiro atoms. The predicted molar refractivity (Wildman–Crippen MR) is 90.0 cm³/mol. The van der Waals surface area contributed by atoms with Gasteiger partial charge in [0.2, 0.25) is 0 Å². The van der Waals surface area contributed by atoms with E-state index in [1.54, 1.807) is 0 Å². The van der Waals surface area contributed by atoms with Crippen molar-refractivity contribution in [2.45, 2.75) is 26.8 Å². The maximum Gasteiger partial charge on any atom is 0.411 e. The molecule has 0 aliphatic heterocycles. The topological polar surface area (TPSA) is 51.1 Å². The summed E-state index contributed by atoms with van der Waals surface area (Å²) in [6, 6.07) is 5.95. The fourth-order valence-corrected chi connectivity index (χ4v) is 2.14. The number of ether oxygens (including phenoxy) is 1. The van der Waals surface area contributed by atoms with Crippen molar-refractivity contribution in [3.8, 4) is 0 Å². The van der Waals surface area contributed by atoms with Crippen molar-refractivity contribution in [1.29, 1.82) is 0 Å². The van der Waals surface area contributed by atoms with E-state index in [0.29, 0.717) is 10.8 Å². The van der Waals surface area contributed by atoms with Crippen LogP contribution in [0.3, 0.4) is 0 Å². The maximum atomic E-state index is 12.0. The van der Waals surface area contributed by atoms with Gasteiger partial charge in [0.15, 0.2) is 5.11 Å². The van der Waals surface area contributed by atoms with Gasteiger partial charge in [0.25, 0.3) is 0 Å². The molecule has 0 radical (unpaired) electrons. The maximum absolute atomic E-state index is 12.0. The normalized spacial score (nSPS) is 11.4. The lowest BCUT2D eigenvalue weighted by Crippen LogP contribution is -2.19. The first kappa shape index (κ1) is 18.2. The largest absolute Gasteiger partial charge is 0.411 e. The lowest BCUT2D eigenvalue weighted by Gasteiger charge is -2.12. The average Bonchev–Trinajstić information content (AvgIpc) is 2.89. The molecule has 0 saturated heterocycles. The molecule has 0 aliphatic rings. The molecule has 9 heteroatoms. The minimum Gasteiger partial charge on any atom is -0.350 e. The molecule has 1 aromatic carbocycles. The summed E-state index contributed by atoms with van der Waals surface area (Å²) < 4.78 is 41.8. The fraction of sp³-hybridized carbons (Fsp3) is 0.333. The van der Waals surface area contributed by atoms with Crippen LogP contribution >= 0.6 is 12.2 Å². The molecule has 0 unspecified atom stereocenters. The molecule has 0 aliphatic carbocycles. The van der Waals surface area contributed by atoms with Gasteiger partial charge in [0.1, 0.15) is 13.3 Å². The standard InChI is InChI=1S/C15H17F3N4OS/c1-10-3-4-11(2)13(5-10)21-14(24)20-12-6-19-22(7-12)9-23-8-15(16,17)18/h3-7H,8-9H2,1-2H3,(H2,20,21,24). The summed E-state index contributed by atoms with van der Waals surface area (Å²) in [5, 5.41) is 10.3. The van der Waals surface area contributed by atoms with Crippen LogP contribution in [0, 0.1) is 13.8 Å². The summed E-state index contributed by atoms with van der Waals surface area (Å²) in [4.78, 5) is 0. The SMILES string of the molecule is Cc1ccc(C)c(NC(=S)Nc2cnn(COCC(F)(F)F)c2)c1. The molecule has 5 nitrogen and oxygen atoms in total. The van der Waals surface area contributed by atoms with E-state index in [1.165, 1.54) is 17.1 Å². The predicted octanol–water partition coefficient (Wildman–Crippen LogP) is 3.85. The van der Waals surface area contributed by atoms with E-state index in [4.69, 9.17) is 12.2 Å². The van der Waals surface area contributed by atoms with Gasteiger partial charge in [-0.05, 0) is 43.3 Å². The summed E-state index contributed by atoms with van der Waals surface area (Å²) in [5.74, 6) is 0. The van der Waals surface area contributed by atoms with Crippen LogP contribution in [-0.2, 0) is 11.5 Å². The number of anilines is 2. The molecule has 2 aromatic rings. The molecule has 1 heterocycles. The Morgan fingerprint density at radius 2 is 2.04 bits per heavy atom. The summed E-state index contributed by atoms with van der Waals surface area (Å²) in [5.41, 5.74) is 3.57. The van der Waals surface area contributed by atoms with Gasteiger partial charge < -0.3 is 15.4 Å². The second-order valence-electron chi connectivity index (χ2n) is 5.26. The van der Waals surface area contributed by atoms with Crippen molar-refractivity contribution in [3.05, 3.63) is 41.7 Å². The highest BCUT2D eigenvalue weighted by molar-refractivity contribution is 7.80. The minimum atomic E-state index is -4.36. The lowest BCUT2D eigenvalue weighted by atomic mass is 10.1. The quantitative estimate of drug-likeness (QED) is 0.796. The Hall–Kier alpha value is -2.13. The van der Waals surface area contributed by atoms with E-state index in [0.717, 1.165) is 16.8 Å². The van der Waals surface area contributed by atoms with E-state index in [-0.39, 0.29) is 6.73 Å². The summed E-state index contributed by atoms with van der Waals surface area (Å²) in [6.07, 6.45) is -1.40. The first-order valence-electron chi connectivity index (χ1n) is 7.05. The Morgan fingerprint density at radius 3 is 2.75 bits per heavy atom. The third-order valence-electron chi connectivity index (χ3n) is 3.02.